The van der Waals surface area contributed by atoms with Crippen molar-refractivity contribution in [2.24, 2.45) is 5.41 Å². The van der Waals surface area contributed by atoms with Gasteiger partial charge in [-0.15, -0.1) is 24.8 Å². The highest BCUT2D eigenvalue weighted by molar-refractivity contribution is 5.86. The average molecular weight is 447 g/mol. The Bertz CT molecular complexity index is 1020. The highest BCUT2D eigenvalue weighted by atomic mass is 35.5. The molecular formula is C23H28Cl2N4O. The Morgan fingerprint density at radius 2 is 1.97 bits per heavy atom. The van der Waals surface area contributed by atoms with Crippen LogP contribution < -0.4 is 10.6 Å². The number of amides is 1. The van der Waals surface area contributed by atoms with Crippen molar-refractivity contribution in [3.63, 3.8) is 0 Å². The molecule has 2 N–H and O–H groups in total. The van der Waals surface area contributed by atoms with Crippen LogP contribution in [0.15, 0.2) is 54.7 Å². The van der Waals surface area contributed by atoms with Crippen molar-refractivity contribution >= 4 is 36.4 Å². The number of nitrogens with one attached hydrogen (secondary N) is 2. The van der Waals surface area contributed by atoms with Gasteiger partial charge >= 0.3 is 0 Å². The lowest BCUT2D eigenvalue weighted by atomic mass is 9.69. The number of aromatic nitrogens is 2. The van der Waals surface area contributed by atoms with Gasteiger partial charge in [0, 0.05) is 24.0 Å². The van der Waals surface area contributed by atoms with Gasteiger partial charge in [-0.25, -0.2) is 4.98 Å². The van der Waals surface area contributed by atoms with Crippen LogP contribution in [0.4, 0.5) is 0 Å². The van der Waals surface area contributed by atoms with E-state index in [1.165, 1.54) is 12.0 Å². The van der Waals surface area contributed by atoms with Crippen molar-refractivity contribution in [2.45, 2.75) is 51.2 Å². The molecule has 3 atom stereocenters. The van der Waals surface area contributed by atoms with Crippen LogP contribution in [0.25, 0.3) is 5.65 Å². The molecule has 2 saturated heterocycles. The van der Waals surface area contributed by atoms with Crippen LogP contribution in [0.1, 0.15) is 36.2 Å². The van der Waals surface area contributed by atoms with E-state index in [2.05, 4.69) is 57.3 Å². The van der Waals surface area contributed by atoms with Gasteiger partial charge in [0.05, 0.1) is 17.7 Å². The minimum atomic E-state index is -0.362. The second-order valence-electron chi connectivity index (χ2n) is 8.33. The number of pyridine rings is 1. The summed E-state index contributed by atoms with van der Waals surface area (Å²) in [6.45, 7) is 2.53. The summed E-state index contributed by atoms with van der Waals surface area (Å²) in [5.41, 5.74) is 3.83. The fourth-order valence-corrected chi connectivity index (χ4v) is 5.12. The summed E-state index contributed by atoms with van der Waals surface area (Å²) >= 11 is 0. The molecule has 0 aliphatic carbocycles. The fraction of sp³-hybridized carbons (Fsp3) is 0.391. The van der Waals surface area contributed by atoms with Crippen molar-refractivity contribution in [3.05, 3.63) is 71.7 Å². The van der Waals surface area contributed by atoms with Gasteiger partial charge in [0.2, 0.25) is 5.91 Å². The van der Waals surface area contributed by atoms with Gasteiger partial charge in [0.15, 0.2) is 0 Å². The number of carbonyl (C=O) groups is 1. The van der Waals surface area contributed by atoms with E-state index >= 15 is 0 Å². The molecule has 0 radical (unpaired) electrons. The first-order valence-corrected chi connectivity index (χ1v) is 10.2. The largest absolute Gasteiger partial charge is 0.350 e. The molecule has 5 nitrogen and oxygen atoms in total. The molecule has 160 valence electrons. The molecule has 2 bridgehead atoms. The van der Waals surface area contributed by atoms with Crippen molar-refractivity contribution in [3.8, 4) is 0 Å². The first-order chi connectivity index (χ1) is 13.6. The highest BCUT2D eigenvalue weighted by Crippen LogP contribution is 2.46. The normalized spacial score (nSPS) is 24.3. The van der Waals surface area contributed by atoms with Crippen LogP contribution in [0, 0.1) is 12.3 Å². The van der Waals surface area contributed by atoms with E-state index in [4.69, 9.17) is 0 Å². The number of aryl methyl sites for hydroxylation is 1. The zero-order chi connectivity index (χ0) is 19.1. The number of carbonyl (C=O) groups excluding carboxylic acids is 1. The number of rotatable bonds is 5. The van der Waals surface area contributed by atoms with Crippen LogP contribution in [0.5, 0.6) is 0 Å². The van der Waals surface area contributed by atoms with Crippen LogP contribution in [0.2, 0.25) is 0 Å². The van der Waals surface area contributed by atoms with Crippen LogP contribution in [0.3, 0.4) is 0 Å². The van der Waals surface area contributed by atoms with Crippen molar-refractivity contribution < 1.29 is 4.79 Å². The molecule has 0 unspecified atom stereocenters. The van der Waals surface area contributed by atoms with E-state index in [9.17, 15) is 4.79 Å². The molecule has 4 heterocycles. The van der Waals surface area contributed by atoms with Crippen LogP contribution >= 0.6 is 24.8 Å². The molecule has 7 heteroatoms. The predicted octanol–water partition coefficient (Wildman–Crippen LogP) is 3.86. The Hall–Kier alpha value is -2.08. The Morgan fingerprint density at radius 1 is 1.17 bits per heavy atom. The number of nitrogens with zero attached hydrogens (tertiary/aromatic N) is 2. The van der Waals surface area contributed by atoms with Gasteiger partial charge in [-0.2, -0.15) is 0 Å². The molecule has 5 rings (SSSR count). The second-order valence-corrected chi connectivity index (χ2v) is 8.33. The Morgan fingerprint density at radius 3 is 2.63 bits per heavy atom. The minimum absolute atomic E-state index is 0. The number of hydrogen-bond acceptors (Lipinski definition) is 3. The molecule has 0 spiro atoms. The lowest BCUT2D eigenvalue weighted by Gasteiger charge is -2.35. The van der Waals surface area contributed by atoms with E-state index in [-0.39, 0.29) is 42.2 Å². The average Bonchev–Trinajstić information content (AvgIpc) is 3.42. The van der Waals surface area contributed by atoms with Crippen molar-refractivity contribution in [2.75, 3.05) is 0 Å². The van der Waals surface area contributed by atoms with Crippen molar-refractivity contribution in [1.29, 1.82) is 0 Å². The minimum Gasteiger partial charge on any atom is -0.350 e. The number of hydrogen-bond donors (Lipinski definition) is 2. The molecule has 30 heavy (non-hydrogen) atoms. The van der Waals surface area contributed by atoms with E-state index in [1.54, 1.807) is 0 Å². The predicted molar refractivity (Wildman–Crippen MR) is 123 cm³/mol. The van der Waals surface area contributed by atoms with Gasteiger partial charge < -0.3 is 15.0 Å². The molecule has 2 aromatic heterocycles. The summed E-state index contributed by atoms with van der Waals surface area (Å²) in [5.74, 6) is 0.157. The summed E-state index contributed by atoms with van der Waals surface area (Å²) < 4.78 is 2.07. The van der Waals surface area contributed by atoms with Gasteiger partial charge in [-0.1, -0.05) is 36.4 Å². The molecule has 2 aliphatic rings. The monoisotopic (exact) mass is 446 g/mol. The summed E-state index contributed by atoms with van der Waals surface area (Å²) in [6, 6.07) is 17.2. The maximum Gasteiger partial charge on any atom is 0.228 e. The zero-order valence-corrected chi connectivity index (χ0v) is 18.6. The van der Waals surface area contributed by atoms with Gasteiger partial charge in [-0.3, -0.25) is 4.79 Å². The molecule has 1 aromatic carbocycles. The third-order valence-corrected chi connectivity index (χ3v) is 6.51. The third-order valence-electron chi connectivity index (χ3n) is 6.51. The van der Waals surface area contributed by atoms with E-state index in [1.807, 2.05) is 24.4 Å². The molecule has 1 amide bonds. The topological polar surface area (TPSA) is 58.4 Å². The zero-order valence-electron chi connectivity index (χ0n) is 17.0. The van der Waals surface area contributed by atoms with Crippen LogP contribution in [-0.2, 0) is 17.8 Å². The summed E-state index contributed by atoms with van der Waals surface area (Å²) in [5, 5.41) is 6.88. The summed E-state index contributed by atoms with van der Waals surface area (Å²) in [7, 11) is 0. The lowest BCUT2D eigenvalue weighted by Crippen LogP contribution is -2.49. The smallest absolute Gasteiger partial charge is 0.228 e. The third kappa shape index (κ3) is 3.94. The summed E-state index contributed by atoms with van der Waals surface area (Å²) in [4.78, 5) is 18.1. The second kappa shape index (κ2) is 8.96. The maximum atomic E-state index is 13.4. The maximum absolute atomic E-state index is 13.4. The van der Waals surface area contributed by atoms with Gasteiger partial charge in [0.1, 0.15) is 5.65 Å². The molecular weight excluding hydrogens is 419 g/mol. The molecule has 0 saturated carbocycles. The number of halogens is 2. The Balaban J connectivity index is 0.00000128. The van der Waals surface area contributed by atoms with Gasteiger partial charge in [-0.05, 0) is 50.3 Å². The lowest BCUT2D eigenvalue weighted by molar-refractivity contribution is -0.132. The molecule has 2 fully saturated rings. The Labute approximate surface area is 189 Å². The van der Waals surface area contributed by atoms with E-state index < -0.39 is 0 Å². The highest BCUT2D eigenvalue weighted by Gasteiger charge is 2.55. The quantitative estimate of drug-likeness (QED) is 0.625. The SMILES string of the molecule is Cc1cccc2nc(CNC(=O)[C@]3(Cc4ccccc4)C[C@@H]4CC[C@H]3N4)cn12.Cl.Cl. The number of imidazole rings is 1. The van der Waals surface area contributed by atoms with Crippen LogP contribution in [-0.4, -0.2) is 27.4 Å². The first-order valence-electron chi connectivity index (χ1n) is 10.2. The standard InChI is InChI=1S/C23H26N4O.2ClH/c1-16-6-5-9-21-26-19(15-27(16)21)14-24-22(28)23(12-17-7-3-2-4-8-17)13-18-10-11-20(23)25-18;;/h2-9,15,18,20,25H,10-14H2,1H3,(H,24,28);2*1H/t18-,20+,23+;;/m0../s1. The van der Waals surface area contributed by atoms with E-state index in [0.717, 1.165) is 36.3 Å². The fourth-order valence-electron chi connectivity index (χ4n) is 5.12. The van der Waals surface area contributed by atoms with E-state index in [0.29, 0.717) is 12.6 Å². The number of fused-ring (bicyclic) bond motifs is 3. The summed E-state index contributed by atoms with van der Waals surface area (Å²) in [6.07, 6.45) is 5.99. The first kappa shape index (κ1) is 22.6. The number of benzene rings is 1. The van der Waals surface area contributed by atoms with Crippen molar-refractivity contribution in [1.82, 2.24) is 20.0 Å². The van der Waals surface area contributed by atoms with Gasteiger partial charge in [0.25, 0.3) is 0 Å². The Kier molecular flexibility index (Phi) is 6.75. The molecule has 2 aliphatic heterocycles. The molecule has 3 aromatic rings.